The van der Waals surface area contributed by atoms with Gasteiger partial charge < -0.3 is 10.1 Å². The Morgan fingerprint density at radius 3 is 3.00 bits per heavy atom. The molecular weight excluding hydrogens is 282 g/mol. The lowest BCUT2D eigenvalue weighted by Crippen LogP contribution is -2.07. The second-order valence-corrected chi connectivity index (χ2v) is 6.20. The standard InChI is InChI=1S/C12H15N3O2S2/c1-7-5-13-11(19-7)8(2)14-12-15-9(6-18-12)4-10(16)17-3/h5-6,8H,4H2,1-3H3,(H,14,15). The van der Waals surface area contributed by atoms with Crippen LogP contribution in [0.5, 0.6) is 0 Å². The first-order valence-electron chi connectivity index (χ1n) is 5.78. The van der Waals surface area contributed by atoms with Crippen LogP contribution in [0.4, 0.5) is 5.13 Å². The van der Waals surface area contributed by atoms with Crippen LogP contribution in [0.15, 0.2) is 11.6 Å². The molecule has 0 aliphatic rings. The number of esters is 1. The molecule has 0 spiro atoms. The fourth-order valence-corrected chi connectivity index (χ4v) is 3.07. The van der Waals surface area contributed by atoms with Crippen LogP contribution in [0.25, 0.3) is 0 Å². The number of ether oxygens (including phenoxy) is 1. The molecule has 19 heavy (non-hydrogen) atoms. The molecule has 2 aromatic rings. The number of carbonyl (C=O) groups is 1. The van der Waals surface area contributed by atoms with Gasteiger partial charge in [-0.15, -0.1) is 22.7 Å². The Labute approximate surface area is 119 Å². The Kier molecular flexibility index (Phi) is 4.49. The quantitative estimate of drug-likeness (QED) is 0.860. The molecule has 0 aliphatic heterocycles. The van der Waals surface area contributed by atoms with Gasteiger partial charge in [0.15, 0.2) is 5.13 Å². The maximum atomic E-state index is 11.2. The molecule has 0 amide bonds. The zero-order valence-corrected chi connectivity index (χ0v) is 12.6. The Hall–Kier alpha value is -1.47. The van der Waals surface area contributed by atoms with Gasteiger partial charge in [-0.1, -0.05) is 0 Å². The molecule has 0 aromatic carbocycles. The molecule has 1 atom stereocenters. The minimum atomic E-state index is -0.277. The van der Waals surface area contributed by atoms with Gasteiger partial charge >= 0.3 is 5.97 Å². The summed E-state index contributed by atoms with van der Waals surface area (Å²) in [6, 6.07) is 0.107. The summed E-state index contributed by atoms with van der Waals surface area (Å²) < 4.78 is 4.61. The lowest BCUT2D eigenvalue weighted by molar-refractivity contribution is -0.139. The van der Waals surface area contributed by atoms with Gasteiger partial charge in [-0.3, -0.25) is 4.79 Å². The van der Waals surface area contributed by atoms with E-state index in [-0.39, 0.29) is 18.4 Å². The van der Waals surface area contributed by atoms with Gasteiger partial charge in [0, 0.05) is 16.5 Å². The Morgan fingerprint density at radius 2 is 2.37 bits per heavy atom. The van der Waals surface area contributed by atoms with Gasteiger partial charge in [-0.25, -0.2) is 9.97 Å². The van der Waals surface area contributed by atoms with Gasteiger partial charge in [0.1, 0.15) is 5.01 Å². The van der Waals surface area contributed by atoms with Gasteiger partial charge in [0.2, 0.25) is 0 Å². The van der Waals surface area contributed by atoms with Crippen LogP contribution in [-0.4, -0.2) is 23.0 Å². The van der Waals surface area contributed by atoms with Crippen molar-refractivity contribution in [2.75, 3.05) is 12.4 Å². The Balaban J connectivity index is 1.98. The molecule has 2 heterocycles. The number of hydrogen-bond acceptors (Lipinski definition) is 7. The largest absolute Gasteiger partial charge is 0.469 e. The molecule has 5 nitrogen and oxygen atoms in total. The van der Waals surface area contributed by atoms with Crippen molar-refractivity contribution in [3.8, 4) is 0 Å². The van der Waals surface area contributed by atoms with Gasteiger partial charge in [-0.05, 0) is 13.8 Å². The predicted octanol–water partition coefficient (Wildman–Crippen LogP) is 2.80. The number of thiazole rings is 2. The first kappa shape index (κ1) is 14.0. The molecule has 1 N–H and O–H groups in total. The Bertz CT molecular complexity index is 565. The average Bonchev–Trinajstić information content (AvgIpc) is 2.98. The molecule has 7 heteroatoms. The highest BCUT2D eigenvalue weighted by Gasteiger charge is 2.12. The molecule has 2 aromatic heterocycles. The van der Waals surface area contributed by atoms with Gasteiger partial charge in [-0.2, -0.15) is 0 Å². The lowest BCUT2D eigenvalue weighted by atomic mass is 10.3. The highest BCUT2D eigenvalue weighted by Crippen LogP contribution is 2.25. The van der Waals surface area contributed by atoms with E-state index in [1.54, 1.807) is 11.3 Å². The van der Waals surface area contributed by atoms with Crippen LogP contribution in [0.2, 0.25) is 0 Å². The fraction of sp³-hybridized carbons (Fsp3) is 0.417. The second kappa shape index (κ2) is 6.12. The first-order chi connectivity index (χ1) is 9.08. The zero-order chi connectivity index (χ0) is 13.8. The summed E-state index contributed by atoms with van der Waals surface area (Å²) >= 11 is 3.14. The third-order valence-electron chi connectivity index (χ3n) is 2.45. The summed E-state index contributed by atoms with van der Waals surface area (Å²) in [5.41, 5.74) is 0.724. The molecule has 102 valence electrons. The van der Waals surface area contributed by atoms with Crippen LogP contribution in [0.3, 0.4) is 0 Å². The van der Waals surface area contributed by atoms with Crippen LogP contribution in [-0.2, 0) is 16.0 Å². The smallest absolute Gasteiger partial charge is 0.311 e. The summed E-state index contributed by atoms with van der Waals surface area (Å²) in [5.74, 6) is -0.277. The molecule has 0 saturated carbocycles. The van der Waals surface area contributed by atoms with Crippen LogP contribution >= 0.6 is 22.7 Å². The van der Waals surface area contributed by atoms with E-state index < -0.39 is 0 Å². The molecule has 2 rings (SSSR count). The minimum Gasteiger partial charge on any atom is -0.469 e. The highest BCUT2D eigenvalue weighted by atomic mass is 32.1. The van der Waals surface area contributed by atoms with Crippen molar-refractivity contribution in [1.29, 1.82) is 0 Å². The van der Waals surface area contributed by atoms with E-state index in [2.05, 4.69) is 20.0 Å². The second-order valence-electron chi connectivity index (χ2n) is 4.07. The molecule has 0 aliphatic carbocycles. The van der Waals surface area contributed by atoms with E-state index >= 15 is 0 Å². The van der Waals surface area contributed by atoms with Crippen LogP contribution in [0, 0.1) is 6.92 Å². The van der Waals surface area contributed by atoms with E-state index in [9.17, 15) is 4.79 Å². The molecule has 1 unspecified atom stereocenters. The zero-order valence-electron chi connectivity index (χ0n) is 11.0. The van der Waals surface area contributed by atoms with Crippen molar-refractivity contribution >= 4 is 33.8 Å². The van der Waals surface area contributed by atoms with E-state index in [0.29, 0.717) is 0 Å². The number of nitrogens with zero attached hydrogens (tertiary/aromatic N) is 2. The maximum absolute atomic E-state index is 11.2. The topological polar surface area (TPSA) is 64.1 Å². The maximum Gasteiger partial charge on any atom is 0.311 e. The Morgan fingerprint density at radius 1 is 1.58 bits per heavy atom. The molecule has 0 saturated heterocycles. The summed E-state index contributed by atoms with van der Waals surface area (Å²) in [6.07, 6.45) is 2.07. The predicted molar refractivity (Wildman–Crippen MR) is 76.7 cm³/mol. The van der Waals surface area contributed by atoms with E-state index in [1.807, 2.05) is 25.4 Å². The van der Waals surface area contributed by atoms with Crippen molar-refractivity contribution in [2.45, 2.75) is 26.3 Å². The van der Waals surface area contributed by atoms with Gasteiger partial charge in [0.05, 0.1) is 25.3 Å². The van der Waals surface area contributed by atoms with E-state index in [0.717, 1.165) is 15.8 Å². The van der Waals surface area contributed by atoms with Crippen molar-refractivity contribution < 1.29 is 9.53 Å². The average molecular weight is 297 g/mol. The molecule has 0 radical (unpaired) electrons. The van der Waals surface area contributed by atoms with E-state index in [1.165, 1.54) is 23.3 Å². The van der Waals surface area contributed by atoms with Crippen molar-refractivity contribution in [2.24, 2.45) is 0 Å². The van der Waals surface area contributed by atoms with Crippen molar-refractivity contribution in [3.05, 3.63) is 27.2 Å². The lowest BCUT2D eigenvalue weighted by Gasteiger charge is -2.09. The van der Waals surface area contributed by atoms with Gasteiger partial charge in [0.25, 0.3) is 0 Å². The van der Waals surface area contributed by atoms with Crippen LogP contribution < -0.4 is 5.32 Å². The summed E-state index contributed by atoms with van der Waals surface area (Å²) in [7, 11) is 1.38. The number of nitrogens with one attached hydrogen (secondary N) is 1. The molecule has 0 fully saturated rings. The summed E-state index contributed by atoms with van der Waals surface area (Å²) in [6.45, 7) is 4.07. The number of anilines is 1. The van der Waals surface area contributed by atoms with Crippen LogP contribution in [0.1, 0.15) is 28.5 Å². The third-order valence-corrected chi connectivity index (χ3v) is 4.37. The minimum absolute atomic E-state index is 0.107. The van der Waals surface area contributed by atoms with E-state index in [4.69, 9.17) is 0 Å². The summed E-state index contributed by atoms with van der Waals surface area (Å²) in [5, 5.41) is 6.97. The SMILES string of the molecule is COC(=O)Cc1csc(NC(C)c2ncc(C)s2)n1. The highest BCUT2D eigenvalue weighted by molar-refractivity contribution is 7.13. The third kappa shape index (κ3) is 3.74. The van der Waals surface area contributed by atoms with Crippen molar-refractivity contribution in [1.82, 2.24) is 9.97 Å². The normalized spacial score (nSPS) is 12.2. The molecular formula is C12H15N3O2S2. The first-order valence-corrected chi connectivity index (χ1v) is 7.48. The number of carbonyl (C=O) groups excluding carboxylic acids is 1. The number of hydrogen-bond donors (Lipinski definition) is 1. The number of aryl methyl sites for hydroxylation is 1. The van der Waals surface area contributed by atoms with Crippen molar-refractivity contribution in [3.63, 3.8) is 0 Å². The number of methoxy groups -OCH3 is 1. The number of rotatable bonds is 5. The fourth-order valence-electron chi connectivity index (χ4n) is 1.49. The monoisotopic (exact) mass is 297 g/mol. The number of aromatic nitrogens is 2. The molecule has 0 bridgehead atoms. The summed E-state index contributed by atoms with van der Waals surface area (Å²) in [4.78, 5) is 21.0.